The normalized spacial score (nSPS) is 16.1. The molecular weight excluding hydrogens is 316 g/mol. The smallest absolute Gasteiger partial charge is 0.320 e. The molecular formula is C20H26N2O3. The van der Waals surface area contributed by atoms with Gasteiger partial charge in [0.2, 0.25) is 0 Å². The summed E-state index contributed by atoms with van der Waals surface area (Å²) in [6, 6.07) is 7.57. The summed E-state index contributed by atoms with van der Waals surface area (Å²) in [5.41, 5.74) is 0.936. The molecule has 134 valence electrons. The van der Waals surface area contributed by atoms with Gasteiger partial charge in [-0.15, -0.1) is 13.2 Å². The highest BCUT2D eigenvalue weighted by Gasteiger charge is 2.44. The maximum atomic E-state index is 12.7. The molecule has 2 rings (SSSR count). The number of nitrogens with zero attached hydrogens (tertiary/aromatic N) is 2. The van der Waals surface area contributed by atoms with E-state index in [1.165, 1.54) is 0 Å². The first-order chi connectivity index (χ1) is 11.9. The molecule has 1 saturated heterocycles. The number of aliphatic carboxylic acids is 1. The van der Waals surface area contributed by atoms with E-state index in [4.69, 9.17) is 0 Å². The molecule has 0 unspecified atom stereocenters. The van der Waals surface area contributed by atoms with E-state index in [-0.39, 0.29) is 6.03 Å². The molecule has 1 aliphatic rings. The number of rotatable bonds is 6. The Balaban J connectivity index is 2.17. The van der Waals surface area contributed by atoms with Crippen molar-refractivity contribution in [3.8, 4) is 0 Å². The van der Waals surface area contributed by atoms with Gasteiger partial charge >= 0.3 is 12.0 Å². The number of benzene rings is 1. The maximum Gasteiger partial charge on any atom is 0.320 e. The molecule has 1 aromatic carbocycles. The second kappa shape index (κ2) is 8.01. The van der Waals surface area contributed by atoms with Gasteiger partial charge in [0.05, 0.1) is 5.41 Å². The third-order valence-corrected chi connectivity index (χ3v) is 4.84. The fraction of sp³-hybridized carbons (Fsp3) is 0.400. The topological polar surface area (TPSA) is 60.9 Å². The monoisotopic (exact) mass is 342 g/mol. The molecule has 5 heteroatoms. The van der Waals surface area contributed by atoms with Crippen LogP contribution in [0, 0.1) is 6.92 Å². The number of carboxylic acids is 1. The molecule has 1 N–H and O–H groups in total. The van der Waals surface area contributed by atoms with Crippen LogP contribution in [-0.4, -0.2) is 53.1 Å². The number of carbonyl (C=O) groups is 2. The average Bonchev–Trinajstić information content (AvgIpc) is 2.61. The van der Waals surface area contributed by atoms with Crippen LogP contribution in [0.5, 0.6) is 0 Å². The van der Waals surface area contributed by atoms with Crippen molar-refractivity contribution in [2.75, 3.05) is 26.2 Å². The summed E-state index contributed by atoms with van der Waals surface area (Å²) in [5.74, 6) is -0.820. The SMILES string of the molecule is C=CCN(CC=C)C(=O)N1CCC(C(=O)O)(c2cccc(C)c2)CC1. The first-order valence-corrected chi connectivity index (χ1v) is 8.51. The Morgan fingerprint density at radius 3 is 2.32 bits per heavy atom. The van der Waals surface area contributed by atoms with Crippen LogP contribution in [0.4, 0.5) is 4.79 Å². The van der Waals surface area contributed by atoms with E-state index in [9.17, 15) is 14.7 Å². The van der Waals surface area contributed by atoms with Crippen LogP contribution in [0.1, 0.15) is 24.0 Å². The van der Waals surface area contributed by atoms with Gasteiger partial charge in [0.25, 0.3) is 0 Å². The molecule has 1 heterocycles. The summed E-state index contributed by atoms with van der Waals surface area (Å²) >= 11 is 0. The van der Waals surface area contributed by atoms with E-state index in [1.54, 1.807) is 22.0 Å². The third kappa shape index (κ3) is 3.92. The lowest BCUT2D eigenvalue weighted by molar-refractivity contribution is -0.145. The van der Waals surface area contributed by atoms with Gasteiger partial charge in [-0.2, -0.15) is 0 Å². The molecule has 0 radical (unpaired) electrons. The van der Waals surface area contributed by atoms with Crippen molar-refractivity contribution in [3.05, 3.63) is 60.7 Å². The number of aryl methyl sites for hydroxylation is 1. The molecule has 5 nitrogen and oxygen atoms in total. The number of likely N-dealkylation sites (tertiary alicyclic amines) is 1. The zero-order valence-electron chi connectivity index (χ0n) is 14.8. The van der Waals surface area contributed by atoms with Gasteiger partial charge in [0, 0.05) is 26.2 Å². The van der Waals surface area contributed by atoms with Crippen LogP contribution in [0.25, 0.3) is 0 Å². The quantitative estimate of drug-likeness (QED) is 0.808. The predicted molar refractivity (Wildman–Crippen MR) is 98.7 cm³/mol. The number of carboxylic acid groups (broad SMARTS) is 1. The second-order valence-electron chi connectivity index (χ2n) is 6.51. The maximum absolute atomic E-state index is 12.7. The van der Waals surface area contributed by atoms with Gasteiger partial charge in [-0.25, -0.2) is 4.79 Å². The van der Waals surface area contributed by atoms with Crippen LogP contribution in [0.15, 0.2) is 49.6 Å². The number of hydrogen-bond acceptors (Lipinski definition) is 2. The van der Waals surface area contributed by atoms with Gasteiger partial charge in [0.1, 0.15) is 0 Å². The van der Waals surface area contributed by atoms with Gasteiger partial charge in [-0.1, -0.05) is 42.0 Å². The van der Waals surface area contributed by atoms with E-state index in [2.05, 4.69) is 13.2 Å². The highest BCUT2D eigenvalue weighted by atomic mass is 16.4. The standard InChI is InChI=1S/C20H26N2O3/c1-4-11-21(12-5-2)19(25)22-13-9-20(10-14-22,18(23)24)17-8-6-7-16(3)15-17/h4-8,15H,1-2,9-14H2,3H3,(H,23,24). The molecule has 0 aliphatic carbocycles. The number of carbonyl (C=O) groups excluding carboxylic acids is 1. The fourth-order valence-electron chi connectivity index (χ4n) is 3.39. The zero-order valence-corrected chi connectivity index (χ0v) is 14.8. The minimum Gasteiger partial charge on any atom is -0.481 e. The lowest BCUT2D eigenvalue weighted by Crippen LogP contribution is -2.52. The third-order valence-electron chi connectivity index (χ3n) is 4.84. The zero-order chi connectivity index (χ0) is 18.4. The Bertz CT molecular complexity index is 651. The lowest BCUT2D eigenvalue weighted by Gasteiger charge is -2.40. The summed E-state index contributed by atoms with van der Waals surface area (Å²) in [7, 11) is 0. The average molecular weight is 342 g/mol. The Hall–Kier alpha value is -2.56. The first kappa shape index (κ1) is 18.8. The summed E-state index contributed by atoms with van der Waals surface area (Å²) in [6.07, 6.45) is 4.18. The summed E-state index contributed by atoms with van der Waals surface area (Å²) < 4.78 is 0. The molecule has 0 bridgehead atoms. The Morgan fingerprint density at radius 2 is 1.84 bits per heavy atom. The van der Waals surface area contributed by atoms with Crippen molar-refractivity contribution in [2.24, 2.45) is 0 Å². The van der Waals surface area contributed by atoms with E-state index in [0.717, 1.165) is 11.1 Å². The Labute approximate surface area is 149 Å². The molecule has 0 saturated carbocycles. The van der Waals surface area contributed by atoms with Gasteiger partial charge < -0.3 is 14.9 Å². The molecule has 1 fully saturated rings. The lowest BCUT2D eigenvalue weighted by atomic mass is 9.72. The summed E-state index contributed by atoms with van der Waals surface area (Å²) in [5, 5.41) is 9.90. The Kier molecular flexibility index (Phi) is 6.02. The van der Waals surface area contributed by atoms with Crippen LogP contribution in [0.3, 0.4) is 0 Å². The highest BCUT2D eigenvalue weighted by molar-refractivity contribution is 5.82. The van der Waals surface area contributed by atoms with Crippen molar-refractivity contribution in [1.82, 2.24) is 9.80 Å². The largest absolute Gasteiger partial charge is 0.481 e. The number of urea groups is 1. The molecule has 25 heavy (non-hydrogen) atoms. The van der Waals surface area contributed by atoms with Crippen molar-refractivity contribution in [2.45, 2.75) is 25.2 Å². The van der Waals surface area contributed by atoms with Crippen molar-refractivity contribution >= 4 is 12.0 Å². The number of amides is 2. The van der Waals surface area contributed by atoms with Crippen LogP contribution in [-0.2, 0) is 10.2 Å². The van der Waals surface area contributed by atoms with Crippen molar-refractivity contribution in [1.29, 1.82) is 0 Å². The summed E-state index contributed by atoms with van der Waals surface area (Å²) in [4.78, 5) is 28.1. The van der Waals surface area contributed by atoms with Gasteiger partial charge in [-0.05, 0) is 25.3 Å². The van der Waals surface area contributed by atoms with E-state index >= 15 is 0 Å². The van der Waals surface area contributed by atoms with E-state index in [0.29, 0.717) is 39.0 Å². The van der Waals surface area contributed by atoms with Gasteiger partial charge in [0.15, 0.2) is 0 Å². The molecule has 1 aromatic rings. The highest BCUT2D eigenvalue weighted by Crippen LogP contribution is 2.36. The van der Waals surface area contributed by atoms with Gasteiger partial charge in [-0.3, -0.25) is 4.79 Å². The molecule has 0 aromatic heterocycles. The number of piperidine rings is 1. The predicted octanol–water partition coefficient (Wildman–Crippen LogP) is 3.21. The summed E-state index contributed by atoms with van der Waals surface area (Å²) in [6.45, 7) is 11.1. The van der Waals surface area contributed by atoms with Crippen LogP contribution >= 0.6 is 0 Å². The van der Waals surface area contributed by atoms with Crippen molar-refractivity contribution in [3.63, 3.8) is 0 Å². The number of hydrogen-bond donors (Lipinski definition) is 1. The molecule has 0 atom stereocenters. The van der Waals surface area contributed by atoms with Crippen molar-refractivity contribution < 1.29 is 14.7 Å². The van der Waals surface area contributed by atoms with E-state index in [1.807, 2.05) is 31.2 Å². The first-order valence-electron chi connectivity index (χ1n) is 8.51. The second-order valence-corrected chi connectivity index (χ2v) is 6.51. The molecule has 0 spiro atoms. The Morgan fingerprint density at radius 1 is 1.24 bits per heavy atom. The molecule has 2 amide bonds. The van der Waals surface area contributed by atoms with Crippen LogP contribution in [0.2, 0.25) is 0 Å². The minimum absolute atomic E-state index is 0.0944. The fourth-order valence-corrected chi connectivity index (χ4v) is 3.39. The van der Waals surface area contributed by atoms with Crippen LogP contribution < -0.4 is 0 Å². The minimum atomic E-state index is -0.926. The molecule has 1 aliphatic heterocycles. The van der Waals surface area contributed by atoms with E-state index < -0.39 is 11.4 Å².